The number of ether oxygens (including phenoxy) is 1. The van der Waals surface area contributed by atoms with Crippen LogP contribution in [0.25, 0.3) is 6.08 Å². The number of carboxylic acids is 1. The van der Waals surface area contributed by atoms with E-state index in [0.717, 1.165) is 12.2 Å². The Balaban J connectivity index is 3.31. The van der Waals surface area contributed by atoms with Crippen LogP contribution in [0.15, 0.2) is 18.2 Å². The Morgan fingerprint density at radius 2 is 2.12 bits per heavy atom. The van der Waals surface area contributed by atoms with E-state index in [-0.39, 0.29) is 22.6 Å². The van der Waals surface area contributed by atoms with Crippen molar-refractivity contribution in [3.63, 3.8) is 0 Å². The molecule has 0 atom stereocenters. The molecule has 0 spiro atoms. The van der Waals surface area contributed by atoms with E-state index in [1.165, 1.54) is 19.2 Å². The summed E-state index contributed by atoms with van der Waals surface area (Å²) in [5, 5.41) is 18.2. The van der Waals surface area contributed by atoms with Crippen molar-refractivity contribution in [3.8, 4) is 11.5 Å². The molecular weight excluding hydrogens is 212 g/mol. The number of hydrogen-bond donors (Lipinski definition) is 2. The molecule has 2 N–H and O–H groups in total. The van der Waals surface area contributed by atoms with E-state index < -0.39 is 5.97 Å². The molecule has 1 rings (SSSR count). The fourth-order valence-electron chi connectivity index (χ4n) is 1.20. The Kier molecular flexibility index (Phi) is 3.66. The van der Waals surface area contributed by atoms with Crippen LogP contribution >= 0.6 is 0 Å². The minimum absolute atomic E-state index is 0.122. The average Bonchev–Trinajstić information content (AvgIpc) is 2.26. The molecule has 0 aliphatic carbocycles. The second kappa shape index (κ2) is 4.97. The summed E-state index contributed by atoms with van der Waals surface area (Å²) >= 11 is 0. The first-order chi connectivity index (χ1) is 7.60. The number of methoxy groups -OCH3 is 1. The predicted molar refractivity (Wildman–Crippen MR) is 56.7 cm³/mol. The Bertz CT molecular complexity index is 448. The van der Waals surface area contributed by atoms with Crippen LogP contribution in [0.3, 0.4) is 0 Å². The highest BCUT2D eigenvalue weighted by Gasteiger charge is 2.10. The number of carbonyl (C=O) groups is 2. The molecule has 0 saturated carbocycles. The van der Waals surface area contributed by atoms with Crippen LogP contribution in [0.5, 0.6) is 11.5 Å². The van der Waals surface area contributed by atoms with Crippen LogP contribution in [0.2, 0.25) is 0 Å². The summed E-state index contributed by atoms with van der Waals surface area (Å²) in [6.07, 6.45) is 2.51. The van der Waals surface area contributed by atoms with Crippen LogP contribution in [-0.2, 0) is 4.79 Å². The van der Waals surface area contributed by atoms with Gasteiger partial charge >= 0.3 is 5.97 Å². The first-order valence-corrected chi connectivity index (χ1v) is 4.36. The van der Waals surface area contributed by atoms with Crippen LogP contribution in [0.1, 0.15) is 15.9 Å². The molecule has 0 amide bonds. The number of aliphatic carboxylic acids is 1. The van der Waals surface area contributed by atoms with Crippen molar-refractivity contribution in [1.29, 1.82) is 0 Å². The molecule has 5 heteroatoms. The van der Waals surface area contributed by atoms with E-state index in [2.05, 4.69) is 0 Å². The molecule has 16 heavy (non-hydrogen) atoms. The second-order valence-electron chi connectivity index (χ2n) is 2.91. The molecule has 0 aliphatic heterocycles. The number of carbonyl (C=O) groups excluding carboxylic acids is 1. The number of benzene rings is 1. The lowest BCUT2D eigenvalue weighted by atomic mass is 10.1. The zero-order valence-corrected chi connectivity index (χ0v) is 8.51. The van der Waals surface area contributed by atoms with Gasteiger partial charge in [-0.3, -0.25) is 4.79 Å². The van der Waals surface area contributed by atoms with E-state index in [4.69, 9.17) is 9.84 Å². The van der Waals surface area contributed by atoms with Gasteiger partial charge in [0.25, 0.3) is 0 Å². The van der Waals surface area contributed by atoms with Crippen LogP contribution in [0.4, 0.5) is 0 Å². The highest BCUT2D eigenvalue weighted by Crippen LogP contribution is 2.32. The molecule has 84 valence electrons. The minimum Gasteiger partial charge on any atom is -0.504 e. The summed E-state index contributed by atoms with van der Waals surface area (Å²) in [5.41, 5.74) is 0.313. The van der Waals surface area contributed by atoms with Crippen molar-refractivity contribution in [2.75, 3.05) is 7.11 Å². The van der Waals surface area contributed by atoms with Gasteiger partial charge in [0, 0.05) is 17.2 Å². The maximum Gasteiger partial charge on any atom is 0.328 e. The summed E-state index contributed by atoms with van der Waals surface area (Å²) in [5.74, 6) is -1.25. The number of rotatable bonds is 4. The number of phenols is 1. The van der Waals surface area contributed by atoms with Crippen LogP contribution < -0.4 is 4.74 Å². The Hall–Kier alpha value is -2.30. The first-order valence-electron chi connectivity index (χ1n) is 4.36. The predicted octanol–water partition coefficient (Wildman–Crippen LogP) is 1.31. The summed E-state index contributed by atoms with van der Waals surface area (Å²) in [6.45, 7) is 0. The van der Waals surface area contributed by atoms with Crippen molar-refractivity contribution in [2.24, 2.45) is 0 Å². The third kappa shape index (κ3) is 2.38. The van der Waals surface area contributed by atoms with Gasteiger partial charge < -0.3 is 14.9 Å². The van der Waals surface area contributed by atoms with E-state index >= 15 is 0 Å². The summed E-state index contributed by atoms with van der Waals surface area (Å²) in [7, 11) is 1.36. The molecule has 1 aromatic carbocycles. The molecule has 0 heterocycles. The standard InChI is InChI=1S/C11H10O5/c1-16-9-4-2-7(6-12)8(11(9)15)3-5-10(13)14/h2-6,15H,1H3,(H,13,14). The molecule has 0 fully saturated rings. The van der Waals surface area contributed by atoms with Crippen LogP contribution in [-0.4, -0.2) is 29.6 Å². The maximum atomic E-state index is 10.7. The van der Waals surface area contributed by atoms with E-state index in [0.29, 0.717) is 6.29 Å². The highest BCUT2D eigenvalue weighted by atomic mass is 16.5. The Labute approximate surface area is 91.6 Å². The van der Waals surface area contributed by atoms with Crippen molar-refractivity contribution in [1.82, 2.24) is 0 Å². The Morgan fingerprint density at radius 3 is 2.62 bits per heavy atom. The smallest absolute Gasteiger partial charge is 0.328 e. The van der Waals surface area contributed by atoms with E-state index in [1.807, 2.05) is 0 Å². The summed E-state index contributed by atoms with van der Waals surface area (Å²) in [6, 6.07) is 2.87. The summed E-state index contributed by atoms with van der Waals surface area (Å²) in [4.78, 5) is 21.0. The topological polar surface area (TPSA) is 83.8 Å². The molecule has 0 aromatic heterocycles. The van der Waals surface area contributed by atoms with Gasteiger partial charge in [-0.25, -0.2) is 4.79 Å². The van der Waals surface area contributed by atoms with Gasteiger partial charge in [-0.05, 0) is 18.2 Å². The quantitative estimate of drug-likeness (QED) is 0.592. The molecule has 1 aromatic rings. The number of hydrogen-bond acceptors (Lipinski definition) is 4. The van der Waals surface area contributed by atoms with Crippen LogP contribution in [0, 0.1) is 0 Å². The molecule has 5 nitrogen and oxygen atoms in total. The molecule has 0 bridgehead atoms. The normalized spacial score (nSPS) is 10.3. The van der Waals surface area contributed by atoms with Gasteiger partial charge in [0.05, 0.1) is 7.11 Å². The lowest BCUT2D eigenvalue weighted by molar-refractivity contribution is -0.131. The number of carboxylic acid groups (broad SMARTS) is 1. The zero-order chi connectivity index (χ0) is 12.1. The number of aromatic hydroxyl groups is 1. The van der Waals surface area contributed by atoms with Crippen molar-refractivity contribution >= 4 is 18.3 Å². The first kappa shape index (κ1) is 11.8. The SMILES string of the molecule is COc1ccc(C=O)c(C=CC(=O)O)c1O. The Morgan fingerprint density at radius 1 is 1.44 bits per heavy atom. The van der Waals surface area contributed by atoms with Gasteiger partial charge in [-0.2, -0.15) is 0 Å². The van der Waals surface area contributed by atoms with Crippen molar-refractivity contribution < 1.29 is 24.5 Å². The zero-order valence-electron chi connectivity index (χ0n) is 8.51. The van der Waals surface area contributed by atoms with Gasteiger partial charge in [-0.15, -0.1) is 0 Å². The van der Waals surface area contributed by atoms with E-state index in [9.17, 15) is 14.7 Å². The molecule has 0 saturated heterocycles. The average molecular weight is 222 g/mol. The largest absolute Gasteiger partial charge is 0.504 e. The molecule has 0 aliphatic rings. The van der Waals surface area contributed by atoms with Gasteiger partial charge in [0.1, 0.15) is 0 Å². The third-order valence-corrected chi connectivity index (χ3v) is 1.95. The third-order valence-electron chi connectivity index (χ3n) is 1.95. The highest BCUT2D eigenvalue weighted by molar-refractivity contribution is 5.91. The van der Waals surface area contributed by atoms with Crippen molar-refractivity contribution in [3.05, 3.63) is 29.3 Å². The van der Waals surface area contributed by atoms with Gasteiger partial charge in [0.2, 0.25) is 0 Å². The second-order valence-corrected chi connectivity index (χ2v) is 2.91. The van der Waals surface area contributed by atoms with Crippen molar-refractivity contribution in [2.45, 2.75) is 0 Å². The van der Waals surface area contributed by atoms with Gasteiger partial charge in [0.15, 0.2) is 17.8 Å². The maximum absolute atomic E-state index is 10.7. The van der Waals surface area contributed by atoms with Gasteiger partial charge in [-0.1, -0.05) is 0 Å². The minimum atomic E-state index is -1.17. The fourth-order valence-corrected chi connectivity index (χ4v) is 1.20. The fraction of sp³-hybridized carbons (Fsp3) is 0.0909. The van der Waals surface area contributed by atoms with E-state index in [1.54, 1.807) is 0 Å². The molecule has 0 radical (unpaired) electrons. The summed E-state index contributed by atoms with van der Waals surface area (Å²) < 4.78 is 4.84. The number of aldehydes is 1. The lowest BCUT2D eigenvalue weighted by Gasteiger charge is -2.07. The monoisotopic (exact) mass is 222 g/mol. The lowest BCUT2D eigenvalue weighted by Crippen LogP contribution is -1.93. The number of phenolic OH excluding ortho intramolecular Hbond substituents is 1. The molecule has 0 unspecified atom stereocenters. The molecular formula is C11H10O5.